The second-order valence-electron chi connectivity index (χ2n) is 4.81. The minimum absolute atomic E-state index is 0.614. The fourth-order valence-corrected chi connectivity index (χ4v) is 1.85. The molecule has 0 aromatic carbocycles. The number of allylic oxidation sites excluding steroid dienone is 1. The van der Waals surface area contributed by atoms with Crippen molar-refractivity contribution in [2.75, 3.05) is 6.54 Å². The minimum Gasteiger partial charge on any atom is -0.314 e. The number of hydrogen-bond donors (Lipinski definition) is 1. The molecule has 1 aliphatic rings. The van der Waals surface area contributed by atoms with Gasteiger partial charge in [-0.3, -0.25) is 0 Å². The highest BCUT2D eigenvalue weighted by atomic mass is 14.9. The molecule has 1 unspecified atom stereocenters. The van der Waals surface area contributed by atoms with Gasteiger partial charge in [-0.25, -0.2) is 0 Å². The van der Waals surface area contributed by atoms with E-state index >= 15 is 0 Å². The van der Waals surface area contributed by atoms with Crippen molar-refractivity contribution in [3.63, 3.8) is 0 Å². The second kappa shape index (κ2) is 4.80. The van der Waals surface area contributed by atoms with Crippen LogP contribution in [0.2, 0.25) is 0 Å². The first-order valence-corrected chi connectivity index (χ1v) is 5.50. The highest BCUT2D eigenvalue weighted by molar-refractivity contribution is 4.86. The number of hydrogen-bond acceptors (Lipinski definition) is 1. The van der Waals surface area contributed by atoms with Crippen LogP contribution in [0.15, 0.2) is 12.7 Å². The van der Waals surface area contributed by atoms with Crippen LogP contribution in [0.5, 0.6) is 0 Å². The molecule has 0 aromatic rings. The summed E-state index contributed by atoms with van der Waals surface area (Å²) in [7, 11) is 0. The Morgan fingerprint density at radius 2 is 2.23 bits per heavy atom. The fourth-order valence-electron chi connectivity index (χ4n) is 1.85. The van der Waals surface area contributed by atoms with Gasteiger partial charge >= 0.3 is 0 Å². The summed E-state index contributed by atoms with van der Waals surface area (Å²) in [6.45, 7) is 9.60. The van der Waals surface area contributed by atoms with E-state index < -0.39 is 0 Å². The smallest absolute Gasteiger partial charge is 0.00419 e. The molecule has 76 valence electrons. The maximum Gasteiger partial charge on any atom is 0.00419 e. The van der Waals surface area contributed by atoms with Crippen LogP contribution < -0.4 is 5.32 Å². The largest absolute Gasteiger partial charge is 0.314 e. The highest BCUT2D eigenvalue weighted by Crippen LogP contribution is 2.39. The Morgan fingerprint density at radius 1 is 1.54 bits per heavy atom. The third kappa shape index (κ3) is 3.51. The second-order valence-corrected chi connectivity index (χ2v) is 4.81. The molecule has 0 amide bonds. The van der Waals surface area contributed by atoms with Gasteiger partial charge < -0.3 is 5.32 Å². The summed E-state index contributed by atoms with van der Waals surface area (Å²) < 4.78 is 0. The quantitative estimate of drug-likeness (QED) is 0.621. The molecule has 1 fully saturated rings. The molecule has 1 heteroatoms. The van der Waals surface area contributed by atoms with Crippen molar-refractivity contribution in [3.8, 4) is 0 Å². The lowest BCUT2D eigenvalue weighted by Gasteiger charge is -2.39. The van der Waals surface area contributed by atoms with Crippen molar-refractivity contribution in [2.24, 2.45) is 5.41 Å². The van der Waals surface area contributed by atoms with Gasteiger partial charge in [0.25, 0.3) is 0 Å². The monoisotopic (exact) mass is 181 g/mol. The van der Waals surface area contributed by atoms with E-state index in [1.807, 2.05) is 6.08 Å². The van der Waals surface area contributed by atoms with Crippen LogP contribution in [0.25, 0.3) is 0 Å². The van der Waals surface area contributed by atoms with Crippen LogP contribution in [0.1, 0.15) is 46.0 Å². The minimum atomic E-state index is 0.614. The van der Waals surface area contributed by atoms with Crippen LogP contribution >= 0.6 is 0 Å². The number of rotatable bonds is 6. The molecule has 1 rings (SSSR count). The molecule has 1 N–H and O–H groups in total. The van der Waals surface area contributed by atoms with Gasteiger partial charge in [0.15, 0.2) is 0 Å². The van der Waals surface area contributed by atoms with Crippen LogP contribution in [0.3, 0.4) is 0 Å². The molecule has 1 atom stereocenters. The predicted octanol–water partition coefficient (Wildman–Crippen LogP) is 3.12. The zero-order chi connectivity index (χ0) is 9.73. The Kier molecular flexibility index (Phi) is 3.98. The summed E-state index contributed by atoms with van der Waals surface area (Å²) in [5, 5.41) is 3.61. The molecular weight excluding hydrogens is 158 g/mol. The van der Waals surface area contributed by atoms with E-state index in [2.05, 4.69) is 25.7 Å². The Bertz CT molecular complexity index is 159. The van der Waals surface area contributed by atoms with E-state index in [4.69, 9.17) is 0 Å². The van der Waals surface area contributed by atoms with E-state index in [1.165, 1.54) is 32.2 Å². The van der Waals surface area contributed by atoms with Crippen LogP contribution in [-0.2, 0) is 0 Å². The maximum absolute atomic E-state index is 3.74. The van der Waals surface area contributed by atoms with Gasteiger partial charge in [0.2, 0.25) is 0 Å². The Balaban J connectivity index is 2.06. The molecule has 13 heavy (non-hydrogen) atoms. The van der Waals surface area contributed by atoms with Crippen molar-refractivity contribution in [2.45, 2.75) is 52.0 Å². The summed E-state index contributed by atoms with van der Waals surface area (Å²) in [5.74, 6) is 0. The van der Waals surface area contributed by atoms with E-state index in [0.29, 0.717) is 11.5 Å². The topological polar surface area (TPSA) is 12.0 Å². The molecule has 0 radical (unpaired) electrons. The lowest BCUT2D eigenvalue weighted by Crippen LogP contribution is -2.40. The van der Waals surface area contributed by atoms with E-state index in [9.17, 15) is 0 Å². The summed E-state index contributed by atoms with van der Waals surface area (Å²) in [5.41, 5.74) is 0.614. The zero-order valence-corrected chi connectivity index (χ0v) is 9.10. The molecule has 1 aliphatic carbocycles. The lowest BCUT2D eigenvalue weighted by atomic mass is 9.70. The first kappa shape index (κ1) is 10.8. The molecule has 0 bridgehead atoms. The molecule has 0 spiro atoms. The summed E-state index contributed by atoms with van der Waals surface area (Å²) in [4.78, 5) is 0. The molecule has 0 heterocycles. The van der Waals surface area contributed by atoms with Gasteiger partial charge in [-0.2, -0.15) is 0 Å². The third-order valence-corrected chi connectivity index (χ3v) is 3.24. The normalized spacial score (nSPS) is 22.0. The van der Waals surface area contributed by atoms with Gasteiger partial charge in [-0.1, -0.05) is 19.4 Å². The van der Waals surface area contributed by atoms with Gasteiger partial charge in [0, 0.05) is 12.6 Å². The molecule has 1 nitrogen and oxygen atoms in total. The van der Waals surface area contributed by atoms with Gasteiger partial charge in [-0.05, 0) is 38.0 Å². The summed E-state index contributed by atoms with van der Waals surface area (Å²) >= 11 is 0. The van der Waals surface area contributed by atoms with Crippen molar-refractivity contribution < 1.29 is 0 Å². The zero-order valence-electron chi connectivity index (χ0n) is 9.10. The van der Waals surface area contributed by atoms with Crippen molar-refractivity contribution in [1.29, 1.82) is 0 Å². The average Bonchev–Trinajstić information content (AvgIpc) is 2.08. The standard InChI is InChI=1S/C12H23N/c1-4-5-7-11(2)13-10-12(3)8-6-9-12/h4,11,13H,1,5-10H2,2-3H3. The first-order chi connectivity index (χ1) is 6.16. The van der Waals surface area contributed by atoms with E-state index in [-0.39, 0.29) is 0 Å². The van der Waals surface area contributed by atoms with Gasteiger partial charge in [0.05, 0.1) is 0 Å². The first-order valence-electron chi connectivity index (χ1n) is 5.50. The van der Waals surface area contributed by atoms with Crippen molar-refractivity contribution >= 4 is 0 Å². The molecule has 0 aromatic heterocycles. The fraction of sp³-hybridized carbons (Fsp3) is 0.833. The molecule has 0 saturated heterocycles. The maximum atomic E-state index is 3.74. The highest BCUT2D eigenvalue weighted by Gasteiger charge is 2.31. The Labute approximate surface area is 82.6 Å². The molecule has 1 saturated carbocycles. The molecule has 0 aliphatic heterocycles. The van der Waals surface area contributed by atoms with Crippen molar-refractivity contribution in [3.05, 3.63) is 12.7 Å². The molecular formula is C12H23N. The Hall–Kier alpha value is -0.300. The van der Waals surface area contributed by atoms with E-state index in [1.54, 1.807) is 0 Å². The Morgan fingerprint density at radius 3 is 2.69 bits per heavy atom. The van der Waals surface area contributed by atoms with Gasteiger partial charge in [-0.15, -0.1) is 6.58 Å². The van der Waals surface area contributed by atoms with Crippen molar-refractivity contribution in [1.82, 2.24) is 5.32 Å². The van der Waals surface area contributed by atoms with Crippen LogP contribution in [0.4, 0.5) is 0 Å². The van der Waals surface area contributed by atoms with Crippen LogP contribution in [-0.4, -0.2) is 12.6 Å². The summed E-state index contributed by atoms with van der Waals surface area (Å²) in [6.07, 6.45) is 8.61. The number of nitrogens with one attached hydrogen (secondary N) is 1. The van der Waals surface area contributed by atoms with Crippen LogP contribution in [0, 0.1) is 5.41 Å². The van der Waals surface area contributed by atoms with E-state index in [0.717, 1.165) is 6.42 Å². The summed E-state index contributed by atoms with van der Waals surface area (Å²) in [6, 6.07) is 0.649. The predicted molar refractivity (Wildman–Crippen MR) is 58.9 cm³/mol. The SMILES string of the molecule is C=CCCC(C)NCC1(C)CCC1. The average molecular weight is 181 g/mol. The lowest BCUT2D eigenvalue weighted by molar-refractivity contribution is 0.151. The van der Waals surface area contributed by atoms with Gasteiger partial charge in [0.1, 0.15) is 0 Å². The third-order valence-electron chi connectivity index (χ3n) is 3.24.